The molecule has 1 atom stereocenters. The topological polar surface area (TPSA) is 140 Å². The van der Waals surface area contributed by atoms with E-state index in [0.29, 0.717) is 40.6 Å². The van der Waals surface area contributed by atoms with E-state index in [1.54, 1.807) is 31.2 Å². The summed E-state index contributed by atoms with van der Waals surface area (Å²) >= 11 is 5.97. The first-order valence-corrected chi connectivity index (χ1v) is 8.47. The van der Waals surface area contributed by atoms with Gasteiger partial charge in [0.15, 0.2) is 0 Å². The minimum atomic E-state index is -0.716. The van der Waals surface area contributed by atoms with Crippen molar-refractivity contribution >= 4 is 29.4 Å². The van der Waals surface area contributed by atoms with Crippen LogP contribution in [0.25, 0.3) is 5.70 Å². The first-order valence-electron chi connectivity index (χ1n) is 8.09. The summed E-state index contributed by atoms with van der Waals surface area (Å²) in [6, 6.07) is 8.40. The lowest BCUT2D eigenvalue weighted by Crippen LogP contribution is -2.26. The number of aromatic amines is 1. The van der Waals surface area contributed by atoms with Gasteiger partial charge in [-0.2, -0.15) is 10.4 Å². The Morgan fingerprint density at radius 1 is 1.56 bits per heavy atom. The molecule has 5 N–H and O–H groups in total. The Balaban J connectivity index is 1.81. The molecule has 9 heteroatoms. The number of halogens is 1. The number of aromatic nitrogens is 2. The van der Waals surface area contributed by atoms with Crippen molar-refractivity contribution in [1.29, 1.82) is 5.26 Å². The van der Waals surface area contributed by atoms with Crippen molar-refractivity contribution < 1.29 is 9.90 Å². The third kappa shape index (κ3) is 5.67. The third-order valence-corrected chi connectivity index (χ3v) is 3.90. The van der Waals surface area contributed by atoms with Crippen molar-refractivity contribution in [1.82, 2.24) is 15.5 Å². The SMILES string of the molecule is CC(O)c1cc(C(=O)NCCN=C/C=C(\N)c2ccc(C#N)c(Cl)c2)n[nH]1. The Morgan fingerprint density at radius 2 is 2.33 bits per heavy atom. The molecule has 0 spiro atoms. The fourth-order valence-electron chi connectivity index (χ4n) is 2.08. The van der Waals surface area contributed by atoms with Gasteiger partial charge in [0.25, 0.3) is 5.91 Å². The van der Waals surface area contributed by atoms with E-state index in [2.05, 4.69) is 20.5 Å². The largest absolute Gasteiger partial charge is 0.398 e. The lowest BCUT2D eigenvalue weighted by atomic mass is 10.1. The summed E-state index contributed by atoms with van der Waals surface area (Å²) in [6.07, 6.45) is 2.43. The molecule has 0 aliphatic rings. The van der Waals surface area contributed by atoms with E-state index in [9.17, 15) is 9.90 Å². The molecule has 0 saturated carbocycles. The highest BCUT2D eigenvalue weighted by Crippen LogP contribution is 2.19. The number of rotatable bonds is 7. The summed E-state index contributed by atoms with van der Waals surface area (Å²) in [5, 5.41) is 27.7. The van der Waals surface area contributed by atoms with Crippen LogP contribution in [0.2, 0.25) is 5.02 Å². The van der Waals surface area contributed by atoms with Crippen molar-refractivity contribution in [2.24, 2.45) is 10.7 Å². The minimum Gasteiger partial charge on any atom is -0.398 e. The van der Waals surface area contributed by atoms with E-state index in [4.69, 9.17) is 22.6 Å². The van der Waals surface area contributed by atoms with Gasteiger partial charge in [-0.25, -0.2) is 0 Å². The number of allylic oxidation sites excluding steroid dienone is 1. The number of nitrogens with zero attached hydrogens (tertiary/aromatic N) is 3. The first-order chi connectivity index (χ1) is 12.9. The number of nitrogens with two attached hydrogens (primary N) is 1. The molecule has 0 bridgehead atoms. The van der Waals surface area contributed by atoms with Gasteiger partial charge in [0.2, 0.25) is 0 Å². The van der Waals surface area contributed by atoms with Gasteiger partial charge in [-0.1, -0.05) is 17.7 Å². The number of aliphatic imine (C=N–C) groups is 1. The monoisotopic (exact) mass is 386 g/mol. The van der Waals surface area contributed by atoms with Gasteiger partial charge in [-0.05, 0) is 36.8 Å². The average Bonchev–Trinajstić information content (AvgIpc) is 3.14. The van der Waals surface area contributed by atoms with E-state index in [1.165, 1.54) is 12.3 Å². The van der Waals surface area contributed by atoms with Crippen molar-refractivity contribution in [2.75, 3.05) is 13.1 Å². The Hall–Kier alpha value is -3.15. The number of aliphatic hydroxyl groups excluding tert-OH is 1. The fourth-order valence-corrected chi connectivity index (χ4v) is 2.30. The zero-order chi connectivity index (χ0) is 19.8. The molecule has 1 heterocycles. The Labute approximate surface area is 161 Å². The summed E-state index contributed by atoms with van der Waals surface area (Å²) in [5.41, 5.74) is 8.15. The van der Waals surface area contributed by atoms with Gasteiger partial charge in [-0.15, -0.1) is 0 Å². The van der Waals surface area contributed by atoms with Crippen LogP contribution < -0.4 is 11.1 Å². The van der Waals surface area contributed by atoms with Gasteiger partial charge in [0.05, 0.1) is 28.9 Å². The highest BCUT2D eigenvalue weighted by molar-refractivity contribution is 6.31. The quantitative estimate of drug-likeness (QED) is 0.424. The number of amides is 1. The maximum absolute atomic E-state index is 11.9. The van der Waals surface area contributed by atoms with Crippen LogP contribution in [0.4, 0.5) is 0 Å². The van der Waals surface area contributed by atoms with Crippen LogP contribution in [0.5, 0.6) is 0 Å². The first kappa shape index (κ1) is 20.2. The normalized spacial score (nSPS) is 12.7. The molecule has 8 nitrogen and oxygen atoms in total. The molecule has 0 aliphatic carbocycles. The van der Waals surface area contributed by atoms with Gasteiger partial charge >= 0.3 is 0 Å². The number of nitriles is 1. The second-order valence-corrected chi connectivity index (χ2v) is 6.03. The highest BCUT2D eigenvalue weighted by Gasteiger charge is 2.11. The molecule has 1 aromatic heterocycles. The molecular weight excluding hydrogens is 368 g/mol. The standard InChI is InChI=1S/C18H19ClN6O2/c1-11(26)16-9-17(25-24-16)18(27)23-7-6-22-5-4-15(21)12-2-3-13(10-20)14(19)8-12/h2-5,8-9,11,26H,6-7,21H2,1H3,(H,23,27)(H,24,25)/b15-4-,22-5?. The average molecular weight is 387 g/mol. The molecule has 1 amide bonds. The summed E-state index contributed by atoms with van der Waals surface area (Å²) < 4.78 is 0. The van der Waals surface area contributed by atoms with E-state index in [1.807, 2.05) is 6.07 Å². The number of carbonyl (C=O) groups is 1. The lowest BCUT2D eigenvalue weighted by Gasteiger charge is -2.02. The van der Waals surface area contributed by atoms with E-state index in [0.717, 1.165) is 0 Å². The predicted octanol–water partition coefficient (Wildman–Crippen LogP) is 1.79. The van der Waals surface area contributed by atoms with Gasteiger partial charge < -0.3 is 16.2 Å². The van der Waals surface area contributed by atoms with Crippen LogP contribution in [-0.4, -0.2) is 40.5 Å². The second kappa shape index (κ2) is 9.52. The summed E-state index contributed by atoms with van der Waals surface area (Å²) in [4.78, 5) is 16.0. The Bertz CT molecular complexity index is 911. The summed E-state index contributed by atoms with van der Waals surface area (Å²) in [6.45, 7) is 2.26. The van der Waals surface area contributed by atoms with Crippen molar-refractivity contribution in [3.8, 4) is 6.07 Å². The molecule has 0 fully saturated rings. The number of carbonyl (C=O) groups excluding carboxylic acids is 1. The van der Waals surface area contributed by atoms with Crippen LogP contribution in [-0.2, 0) is 0 Å². The zero-order valence-corrected chi connectivity index (χ0v) is 15.4. The number of hydrogen-bond donors (Lipinski definition) is 4. The van der Waals surface area contributed by atoms with Crippen LogP contribution >= 0.6 is 11.6 Å². The van der Waals surface area contributed by atoms with Crippen molar-refractivity contribution in [3.05, 3.63) is 57.9 Å². The fraction of sp³-hybridized carbons (Fsp3) is 0.222. The molecule has 1 unspecified atom stereocenters. The third-order valence-electron chi connectivity index (χ3n) is 3.59. The molecule has 2 rings (SSSR count). The molecule has 2 aromatic rings. The molecule has 27 heavy (non-hydrogen) atoms. The number of H-pyrrole nitrogens is 1. The molecular formula is C18H19ClN6O2. The maximum Gasteiger partial charge on any atom is 0.271 e. The smallest absolute Gasteiger partial charge is 0.271 e. The van der Waals surface area contributed by atoms with E-state index < -0.39 is 6.10 Å². The predicted molar refractivity (Wildman–Crippen MR) is 103 cm³/mol. The van der Waals surface area contributed by atoms with E-state index in [-0.39, 0.29) is 11.6 Å². The van der Waals surface area contributed by atoms with Crippen molar-refractivity contribution in [3.63, 3.8) is 0 Å². The van der Waals surface area contributed by atoms with Crippen molar-refractivity contribution in [2.45, 2.75) is 13.0 Å². The Kier molecular flexibility index (Phi) is 7.11. The number of benzene rings is 1. The molecule has 0 radical (unpaired) electrons. The van der Waals surface area contributed by atoms with Gasteiger partial charge in [0.1, 0.15) is 11.8 Å². The highest BCUT2D eigenvalue weighted by atomic mass is 35.5. The minimum absolute atomic E-state index is 0.205. The number of nitrogens with one attached hydrogen (secondary N) is 2. The molecule has 140 valence electrons. The zero-order valence-electron chi connectivity index (χ0n) is 14.6. The second-order valence-electron chi connectivity index (χ2n) is 5.62. The molecule has 0 aliphatic heterocycles. The van der Waals surface area contributed by atoms with Gasteiger partial charge in [-0.3, -0.25) is 14.9 Å². The summed E-state index contributed by atoms with van der Waals surface area (Å²) in [5.74, 6) is -0.351. The maximum atomic E-state index is 11.9. The van der Waals surface area contributed by atoms with Crippen LogP contribution in [0.3, 0.4) is 0 Å². The van der Waals surface area contributed by atoms with E-state index >= 15 is 0 Å². The molecule has 1 aromatic carbocycles. The lowest BCUT2D eigenvalue weighted by molar-refractivity contribution is 0.0950. The van der Waals surface area contributed by atoms with Crippen LogP contribution in [0.1, 0.15) is 40.3 Å². The Morgan fingerprint density at radius 3 is 2.96 bits per heavy atom. The number of hydrogen-bond acceptors (Lipinski definition) is 6. The summed E-state index contributed by atoms with van der Waals surface area (Å²) in [7, 11) is 0. The number of aliphatic hydroxyl groups is 1. The molecule has 0 saturated heterocycles. The van der Waals surface area contributed by atoms with Crippen LogP contribution in [0, 0.1) is 11.3 Å². The van der Waals surface area contributed by atoms with Gasteiger partial charge in [0, 0.05) is 18.5 Å². The van der Waals surface area contributed by atoms with Crippen LogP contribution in [0.15, 0.2) is 35.3 Å².